The summed E-state index contributed by atoms with van der Waals surface area (Å²) in [6, 6.07) is 8.16. The van der Waals surface area contributed by atoms with Crippen LogP contribution in [0.25, 0.3) is 0 Å². The standard InChI is InChI=1S/C19H32N4O.HI/c1-16-6-4-12-23(15-16)19(20)21-14-17-7-9-18(10-8-17)24-13-5-11-22(2)3;/h7-10,16H,4-6,11-15H2,1-3H3,(H2,20,21);1H. The summed E-state index contributed by atoms with van der Waals surface area (Å²) < 4.78 is 5.75. The molecule has 6 heteroatoms. The van der Waals surface area contributed by atoms with E-state index in [4.69, 9.17) is 10.5 Å². The number of nitrogens with two attached hydrogens (primary N) is 1. The van der Waals surface area contributed by atoms with Gasteiger partial charge in [-0.15, -0.1) is 24.0 Å². The van der Waals surface area contributed by atoms with Crippen LogP contribution in [0.5, 0.6) is 5.75 Å². The first-order valence-corrected chi connectivity index (χ1v) is 8.96. The zero-order valence-corrected chi connectivity index (χ0v) is 18.1. The monoisotopic (exact) mass is 460 g/mol. The first-order valence-electron chi connectivity index (χ1n) is 8.96. The molecule has 25 heavy (non-hydrogen) atoms. The molecule has 1 saturated heterocycles. The lowest BCUT2D eigenvalue weighted by atomic mass is 10.0. The van der Waals surface area contributed by atoms with Crippen molar-refractivity contribution >= 4 is 29.9 Å². The molecule has 1 heterocycles. The number of hydrogen-bond acceptors (Lipinski definition) is 3. The molecule has 0 spiro atoms. The third kappa shape index (κ3) is 8.27. The van der Waals surface area contributed by atoms with E-state index in [1.54, 1.807) is 0 Å². The molecule has 1 aliphatic rings. The van der Waals surface area contributed by atoms with E-state index in [1.807, 2.05) is 12.1 Å². The maximum atomic E-state index is 6.14. The third-order valence-electron chi connectivity index (χ3n) is 4.35. The van der Waals surface area contributed by atoms with Gasteiger partial charge in [0.1, 0.15) is 5.75 Å². The predicted molar refractivity (Wildman–Crippen MR) is 116 cm³/mol. The second-order valence-corrected chi connectivity index (χ2v) is 7.02. The first-order chi connectivity index (χ1) is 11.5. The Morgan fingerprint density at radius 3 is 2.68 bits per heavy atom. The van der Waals surface area contributed by atoms with E-state index >= 15 is 0 Å². The molecule has 1 fully saturated rings. The van der Waals surface area contributed by atoms with Crippen molar-refractivity contribution in [3.63, 3.8) is 0 Å². The molecule has 1 aromatic rings. The number of benzene rings is 1. The van der Waals surface area contributed by atoms with Crippen LogP contribution >= 0.6 is 24.0 Å². The van der Waals surface area contributed by atoms with Crippen molar-refractivity contribution in [2.75, 3.05) is 40.3 Å². The van der Waals surface area contributed by atoms with E-state index in [0.717, 1.165) is 44.0 Å². The minimum Gasteiger partial charge on any atom is -0.494 e. The van der Waals surface area contributed by atoms with Gasteiger partial charge in [-0.05, 0) is 57.0 Å². The van der Waals surface area contributed by atoms with Gasteiger partial charge in [0.2, 0.25) is 0 Å². The van der Waals surface area contributed by atoms with Crippen LogP contribution in [0.3, 0.4) is 0 Å². The summed E-state index contributed by atoms with van der Waals surface area (Å²) in [6.07, 6.45) is 3.53. The Morgan fingerprint density at radius 2 is 2.04 bits per heavy atom. The Balaban J connectivity index is 0.00000312. The van der Waals surface area contributed by atoms with Gasteiger partial charge in [-0.1, -0.05) is 19.1 Å². The van der Waals surface area contributed by atoms with Crippen LogP contribution in [0.1, 0.15) is 31.7 Å². The minimum absolute atomic E-state index is 0. The zero-order chi connectivity index (χ0) is 17.4. The molecule has 142 valence electrons. The fraction of sp³-hybridized carbons (Fsp3) is 0.632. The van der Waals surface area contributed by atoms with E-state index in [0.29, 0.717) is 18.4 Å². The molecule has 1 unspecified atom stereocenters. The smallest absolute Gasteiger partial charge is 0.191 e. The minimum atomic E-state index is 0. The molecular weight excluding hydrogens is 427 g/mol. The molecule has 1 atom stereocenters. The second kappa shape index (κ2) is 11.6. The van der Waals surface area contributed by atoms with Crippen LogP contribution < -0.4 is 10.5 Å². The lowest BCUT2D eigenvalue weighted by molar-refractivity contribution is 0.270. The Kier molecular flexibility index (Phi) is 10.2. The van der Waals surface area contributed by atoms with Crippen molar-refractivity contribution in [3.05, 3.63) is 29.8 Å². The SMILES string of the molecule is CC1CCCN(C(N)=NCc2ccc(OCCCN(C)C)cc2)C1.I. The van der Waals surface area contributed by atoms with E-state index in [2.05, 4.69) is 47.9 Å². The number of ether oxygens (including phenoxy) is 1. The van der Waals surface area contributed by atoms with Crippen LogP contribution in [0.2, 0.25) is 0 Å². The number of likely N-dealkylation sites (tertiary alicyclic amines) is 1. The predicted octanol–water partition coefficient (Wildman–Crippen LogP) is 3.18. The number of hydrogen-bond donors (Lipinski definition) is 1. The molecule has 2 rings (SSSR count). The molecule has 0 radical (unpaired) electrons. The topological polar surface area (TPSA) is 54.1 Å². The highest BCUT2D eigenvalue weighted by atomic mass is 127. The van der Waals surface area contributed by atoms with Gasteiger partial charge in [-0.25, -0.2) is 4.99 Å². The molecule has 0 bridgehead atoms. The van der Waals surface area contributed by atoms with Crippen LogP contribution in [-0.4, -0.2) is 56.1 Å². The highest BCUT2D eigenvalue weighted by Gasteiger charge is 2.17. The molecule has 2 N–H and O–H groups in total. The fourth-order valence-corrected chi connectivity index (χ4v) is 2.93. The molecule has 1 aliphatic heterocycles. The normalized spacial score (nSPS) is 18.2. The lowest BCUT2D eigenvalue weighted by Crippen LogP contribution is -2.43. The van der Waals surface area contributed by atoms with Crippen molar-refractivity contribution in [2.45, 2.75) is 32.7 Å². The number of aliphatic imine (C=N–C) groups is 1. The van der Waals surface area contributed by atoms with Gasteiger partial charge in [0, 0.05) is 19.6 Å². The van der Waals surface area contributed by atoms with Gasteiger partial charge in [-0.2, -0.15) is 0 Å². The summed E-state index contributed by atoms with van der Waals surface area (Å²) in [5, 5.41) is 0. The van der Waals surface area contributed by atoms with E-state index in [1.165, 1.54) is 12.8 Å². The third-order valence-corrected chi connectivity index (χ3v) is 4.35. The van der Waals surface area contributed by atoms with Crippen LogP contribution in [0, 0.1) is 5.92 Å². The highest BCUT2D eigenvalue weighted by molar-refractivity contribution is 14.0. The molecule has 0 aliphatic carbocycles. The summed E-state index contributed by atoms with van der Waals surface area (Å²) in [5.74, 6) is 2.29. The van der Waals surface area contributed by atoms with Gasteiger partial charge in [0.05, 0.1) is 13.2 Å². The van der Waals surface area contributed by atoms with Gasteiger partial charge in [0.15, 0.2) is 5.96 Å². The Bertz CT molecular complexity index is 519. The van der Waals surface area contributed by atoms with E-state index in [9.17, 15) is 0 Å². The average Bonchev–Trinajstić information content (AvgIpc) is 2.57. The van der Waals surface area contributed by atoms with Gasteiger partial charge in [-0.3, -0.25) is 0 Å². The second-order valence-electron chi connectivity index (χ2n) is 7.02. The van der Waals surface area contributed by atoms with Gasteiger partial charge in [0.25, 0.3) is 0 Å². The molecule has 0 aromatic heterocycles. The molecule has 1 aromatic carbocycles. The van der Waals surface area contributed by atoms with Crippen molar-refractivity contribution in [3.8, 4) is 5.75 Å². The van der Waals surface area contributed by atoms with Crippen molar-refractivity contribution in [2.24, 2.45) is 16.6 Å². The summed E-state index contributed by atoms with van der Waals surface area (Å²) >= 11 is 0. The first kappa shape index (κ1) is 22.0. The lowest BCUT2D eigenvalue weighted by Gasteiger charge is -2.31. The van der Waals surface area contributed by atoms with E-state index < -0.39 is 0 Å². The summed E-state index contributed by atoms with van der Waals surface area (Å²) in [4.78, 5) is 8.92. The quantitative estimate of drug-likeness (QED) is 0.294. The summed E-state index contributed by atoms with van der Waals surface area (Å²) in [7, 11) is 4.15. The van der Waals surface area contributed by atoms with Crippen LogP contribution in [0.4, 0.5) is 0 Å². The average molecular weight is 460 g/mol. The zero-order valence-electron chi connectivity index (χ0n) is 15.8. The Hall–Kier alpha value is -1.02. The number of halogens is 1. The maximum absolute atomic E-state index is 6.14. The van der Waals surface area contributed by atoms with Crippen molar-refractivity contribution in [1.29, 1.82) is 0 Å². The number of rotatable bonds is 7. The largest absolute Gasteiger partial charge is 0.494 e. The number of nitrogens with zero attached hydrogens (tertiary/aromatic N) is 3. The number of guanidine groups is 1. The van der Waals surface area contributed by atoms with Crippen molar-refractivity contribution in [1.82, 2.24) is 9.80 Å². The Labute approximate surface area is 169 Å². The van der Waals surface area contributed by atoms with Gasteiger partial charge < -0.3 is 20.3 Å². The Morgan fingerprint density at radius 1 is 1.32 bits per heavy atom. The summed E-state index contributed by atoms with van der Waals surface area (Å²) in [6.45, 7) is 6.74. The fourth-order valence-electron chi connectivity index (χ4n) is 2.93. The maximum Gasteiger partial charge on any atom is 0.191 e. The highest BCUT2D eigenvalue weighted by Crippen LogP contribution is 2.16. The summed E-state index contributed by atoms with van der Waals surface area (Å²) in [5.41, 5.74) is 7.30. The molecular formula is C19H33IN4O. The van der Waals surface area contributed by atoms with Crippen molar-refractivity contribution < 1.29 is 4.74 Å². The van der Waals surface area contributed by atoms with Crippen LogP contribution in [-0.2, 0) is 6.54 Å². The molecule has 0 saturated carbocycles. The van der Waals surface area contributed by atoms with Gasteiger partial charge >= 0.3 is 0 Å². The van der Waals surface area contributed by atoms with E-state index in [-0.39, 0.29) is 24.0 Å². The molecule has 0 amide bonds. The van der Waals surface area contributed by atoms with Crippen LogP contribution in [0.15, 0.2) is 29.3 Å². The molecule has 5 nitrogen and oxygen atoms in total. The number of piperidine rings is 1.